The quantitative estimate of drug-likeness (QED) is 0.0222. The Labute approximate surface area is 664 Å². The van der Waals surface area contributed by atoms with Gasteiger partial charge in [0.05, 0.1) is 26.4 Å². The van der Waals surface area contributed by atoms with Crippen LogP contribution in [0.5, 0.6) is 0 Å². The van der Waals surface area contributed by atoms with Crippen molar-refractivity contribution >= 4 is 39.5 Å². The molecular formula is C89H174O17P2. The highest BCUT2D eigenvalue weighted by Crippen LogP contribution is 2.45. The minimum atomic E-state index is -4.97. The molecule has 0 bridgehead atoms. The van der Waals surface area contributed by atoms with E-state index in [0.717, 1.165) is 95.8 Å². The minimum Gasteiger partial charge on any atom is -0.462 e. The van der Waals surface area contributed by atoms with Crippen LogP contribution in [-0.2, 0) is 65.4 Å². The summed E-state index contributed by atoms with van der Waals surface area (Å²) in [4.78, 5) is 73.3. The number of unbranched alkanes of at least 4 members (excludes halogenated alkanes) is 61. The molecule has 0 aliphatic carbocycles. The Morgan fingerprint density at radius 2 is 0.426 bits per heavy atom. The van der Waals surface area contributed by atoms with Crippen LogP contribution in [0.1, 0.15) is 484 Å². The van der Waals surface area contributed by atoms with Crippen molar-refractivity contribution in [1.29, 1.82) is 0 Å². The Bertz CT molecular complexity index is 2050. The van der Waals surface area contributed by atoms with Gasteiger partial charge in [-0.05, 0) is 31.6 Å². The SMILES string of the molecule is CCCCCCCCCCCCCCCCCCCCCCCC(=O)O[C@H](COC(=O)CCCCCCCCCCCCCCCCCC(C)C)COP(=O)(O)OC[C@@H](O)COP(=O)(O)OC[C@@H](COC(=O)CCCCCCCCCCCCC)OC(=O)CCCCCCCCCCCCCCCCCCCC. The van der Waals surface area contributed by atoms with Gasteiger partial charge in [-0.3, -0.25) is 37.3 Å². The maximum atomic E-state index is 13.2. The first kappa shape index (κ1) is 106. The smallest absolute Gasteiger partial charge is 0.462 e. The average Bonchev–Trinajstić information content (AvgIpc) is 0.899. The standard InChI is InChI=1S/C89H174O17P2/c1-6-9-12-15-18-21-24-26-28-30-32-33-34-36-40-45-50-55-60-65-70-75-89(94)106-85(79-100-87(92)73-68-63-58-53-48-43-41-37-38-42-47-51-56-61-66-71-82(4)5)81-104-108(97,98)102-77-83(90)76-101-107(95,96)103-80-84(78-99-86(91)72-67-62-57-52-46-23-20-17-14-11-8-3)105-88(93)74-69-64-59-54-49-44-39-35-31-29-27-25-22-19-16-13-10-7-2/h82-85,90H,6-81H2,1-5H3,(H,95,96)(H,97,98)/t83-,84+,85+/m0/s1. The normalized spacial score (nSPS) is 13.7. The molecule has 0 aliphatic rings. The molecule has 3 N–H and O–H groups in total. The number of aliphatic hydroxyl groups is 1. The number of aliphatic hydroxyl groups excluding tert-OH is 1. The molecule has 0 saturated carbocycles. The van der Waals surface area contributed by atoms with Crippen molar-refractivity contribution in [2.75, 3.05) is 39.6 Å². The third kappa shape index (κ3) is 82.1. The van der Waals surface area contributed by atoms with Crippen molar-refractivity contribution in [1.82, 2.24) is 0 Å². The van der Waals surface area contributed by atoms with Crippen LogP contribution in [0.15, 0.2) is 0 Å². The molecule has 0 aromatic heterocycles. The molecule has 0 rings (SSSR count). The highest BCUT2D eigenvalue weighted by Gasteiger charge is 2.30. The molecule has 642 valence electrons. The summed E-state index contributed by atoms with van der Waals surface area (Å²) >= 11 is 0. The molecule has 108 heavy (non-hydrogen) atoms. The lowest BCUT2D eigenvalue weighted by Gasteiger charge is -2.21. The van der Waals surface area contributed by atoms with Crippen LogP contribution in [0.25, 0.3) is 0 Å². The number of rotatable bonds is 89. The Kier molecular flexibility index (Phi) is 80.2. The molecule has 19 heteroatoms. The van der Waals surface area contributed by atoms with E-state index in [0.29, 0.717) is 25.7 Å². The summed E-state index contributed by atoms with van der Waals surface area (Å²) in [5.74, 6) is -1.29. The number of hydrogen-bond acceptors (Lipinski definition) is 15. The zero-order chi connectivity index (χ0) is 79.0. The first-order chi connectivity index (χ1) is 52.5. The second kappa shape index (κ2) is 81.6. The third-order valence-corrected chi connectivity index (χ3v) is 22.9. The maximum absolute atomic E-state index is 13.2. The van der Waals surface area contributed by atoms with E-state index in [1.807, 2.05) is 0 Å². The zero-order valence-corrected chi connectivity index (χ0v) is 72.8. The van der Waals surface area contributed by atoms with Gasteiger partial charge in [0.1, 0.15) is 19.3 Å². The van der Waals surface area contributed by atoms with E-state index in [4.69, 9.17) is 37.0 Å². The topological polar surface area (TPSA) is 237 Å². The van der Waals surface area contributed by atoms with Crippen molar-refractivity contribution in [3.63, 3.8) is 0 Å². The molecule has 0 radical (unpaired) electrons. The second-order valence-corrected chi connectivity index (χ2v) is 35.4. The van der Waals surface area contributed by atoms with Crippen molar-refractivity contribution in [2.24, 2.45) is 5.92 Å². The van der Waals surface area contributed by atoms with Crippen molar-refractivity contribution < 1.29 is 80.2 Å². The molecule has 0 amide bonds. The van der Waals surface area contributed by atoms with E-state index < -0.39 is 97.5 Å². The van der Waals surface area contributed by atoms with Crippen LogP contribution in [0, 0.1) is 5.92 Å². The van der Waals surface area contributed by atoms with Crippen LogP contribution in [0.4, 0.5) is 0 Å². The fourth-order valence-corrected chi connectivity index (χ4v) is 15.6. The predicted octanol–water partition coefficient (Wildman–Crippen LogP) is 27.5. The number of phosphoric acid groups is 2. The Hall–Kier alpha value is -1.94. The van der Waals surface area contributed by atoms with Gasteiger partial charge < -0.3 is 33.8 Å². The number of ether oxygens (including phenoxy) is 4. The molecular weight excluding hydrogens is 1400 g/mol. The Morgan fingerprint density at radius 3 is 0.630 bits per heavy atom. The second-order valence-electron chi connectivity index (χ2n) is 32.5. The fourth-order valence-electron chi connectivity index (χ4n) is 14.0. The fraction of sp³-hybridized carbons (Fsp3) is 0.955. The van der Waals surface area contributed by atoms with E-state index in [1.54, 1.807) is 0 Å². The minimum absolute atomic E-state index is 0.109. The third-order valence-electron chi connectivity index (χ3n) is 21.0. The predicted molar refractivity (Wildman–Crippen MR) is 446 cm³/mol. The van der Waals surface area contributed by atoms with E-state index in [9.17, 15) is 43.2 Å². The van der Waals surface area contributed by atoms with Gasteiger partial charge in [-0.25, -0.2) is 9.13 Å². The van der Waals surface area contributed by atoms with E-state index in [-0.39, 0.29) is 25.7 Å². The maximum Gasteiger partial charge on any atom is 0.472 e. The molecule has 0 spiro atoms. The van der Waals surface area contributed by atoms with E-state index >= 15 is 0 Å². The number of hydrogen-bond donors (Lipinski definition) is 3. The Morgan fingerprint density at radius 1 is 0.250 bits per heavy atom. The van der Waals surface area contributed by atoms with Gasteiger partial charge in [0.25, 0.3) is 0 Å². The largest absolute Gasteiger partial charge is 0.472 e. The molecule has 0 aliphatic heterocycles. The number of carbonyl (C=O) groups is 4. The van der Waals surface area contributed by atoms with Crippen molar-refractivity contribution in [3.05, 3.63) is 0 Å². The lowest BCUT2D eigenvalue weighted by Crippen LogP contribution is -2.30. The molecule has 5 atom stereocenters. The van der Waals surface area contributed by atoms with Gasteiger partial charge in [0.2, 0.25) is 0 Å². The first-order valence-electron chi connectivity index (χ1n) is 46.1. The molecule has 0 aromatic carbocycles. The van der Waals surface area contributed by atoms with Crippen molar-refractivity contribution in [2.45, 2.75) is 502 Å². The number of carbonyl (C=O) groups excluding carboxylic acids is 4. The summed E-state index contributed by atoms with van der Waals surface area (Å²) in [6.45, 7) is 7.41. The molecule has 0 heterocycles. The van der Waals surface area contributed by atoms with Gasteiger partial charge >= 0.3 is 39.5 Å². The Balaban J connectivity index is 5.23. The molecule has 0 saturated heterocycles. The molecule has 0 fully saturated rings. The number of phosphoric ester groups is 2. The lowest BCUT2D eigenvalue weighted by molar-refractivity contribution is -0.161. The zero-order valence-electron chi connectivity index (χ0n) is 71.0. The highest BCUT2D eigenvalue weighted by atomic mass is 31.2. The number of esters is 4. The first-order valence-corrected chi connectivity index (χ1v) is 49.1. The van der Waals surface area contributed by atoms with Gasteiger partial charge in [-0.2, -0.15) is 0 Å². The lowest BCUT2D eigenvalue weighted by atomic mass is 10.0. The van der Waals surface area contributed by atoms with E-state index in [1.165, 1.54) is 308 Å². The monoisotopic (exact) mass is 1580 g/mol. The average molecular weight is 1580 g/mol. The van der Waals surface area contributed by atoms with Gasteiger partial charge in [0, 0.05) is 25.7 Å². The van der Waals surface area contributed by atoms with Gasteiger partial charge in [-0.15, -0.1) is 0 Å². The summed E-state index contributed by atoms with van der Waals surface area (Å²) in [6, 6.07) is 0. The van der Waals surface area contributed by atoms with Crippen LogP contribution in [0.3, 0.4) is 0 Å². The summed E-state index contributed by atoms with van der Waals surface area (Å²) in [6.07, 6.45) is 76.4. The van der Waals surface area contributed by atoms with Crippen LogP contribution < -0.4 is 0 Å². The summed E-state index contributed by atoms with van der Waals surface area (Å²) in [5.41, 5.74) is 0. The summed E-state index contributed by atoms with van der Waals surface area (Å²) < 4.78 is 69.0. The molecule has 2 unspecified atom stereocenters. The van der Waals surface area contributed by atoms with Crippen molar-refractivity contribution in [3.8, 4) is 0 Å². The molecule has 17 nitrogen and oxygen atoms in total. The van der Waals surface area contributed by atoms with Crippen LogP contribution in [0.2, 0.25) is 0 Å². The molecule has 0 aromatic rings. The van der Waals surface area contributed by atoms with Gasteiger partial charge in [0.15, 0.2) is 12.2 Å². The van der Waals surface area contributed by atoms with Crippen LogP contribution in [-0.4, -0.2) is 96.7 Å². The van der Waals surface area contributed by atoms with Gasteiger partial charge in [-0.1, -0.05) is 433 Å². The summed E-state index contributed by atoms with van der Waals surface area (Å²) in [7, 11) is -9.93. The van der Waals surface area contributed by atoms with Crippen LogP contribution >= 0.6 is 15.6 Å². The summed E-state index contributed by atoms with van der Waals surface area (Å²) in [5, 5.41) is 10.7. The van der Waals surface area contributed by atoms with E-state index in [2.05, 4.69) is 34.6 Å². The highest BCUT2D eigenvalue weighted by molar-refractivity contribution is 7.47.